The van der Waals surface area contributed by atoms with Crippen LogP contribution in [0.4, 0.5) is 0 Å². The molecule has 26 heavy (non-hydrogen) atoms. The summed E-state index contributed by atoms with van der Waals surface area (Å²) in [6.07, 6.45) is 0.615. The summed E-state index contributed by atoms with van der Waals surface area (Å²) < 4.78 is 4.84. The second-order valence-electron chi connectivity index (χ2n) is 6.19. The number of nitrogens with one attached hydrogen (secondary N) is 1. The molecule has 0 saturated heterocycles. The van der Waals surface area contributed by atoms with E-state index in [1.165, 1.54) is 7.11 Å². The van der Waals surface area contributed by atoms with E-state index in [1.807, 2.05) is 72.8 Å². The first-order valence-corrected chi connectivity index (χ1v) is 8.54. The first kappa shape index (κ1) is 17.7. The van der Waals surface area contributed by atoms with Crippen molar-refractivity contribution in [3.8, 4) is 0 Å². The van der Waals surface area contributed by atoms with Crippen molar-refractivity contribution in [1.82, 2.24) is 5.32 Å². The number of benzene rings is 3. The molecule has 0 aromatic heterocycles. The number of hydrogen-bond donors (Lipinski definition) is 1. The standard InChI is InChI=1S/C22H21NO3/c1-26-22(25)20(14-16-7-3-2-4-8-16)23-21(24)15-17-11-12-18-9-5-6-10-19(18)13-17/h2-13,20H,14-15H2,1H3,(H,23,24)/t20-/m0/s1. The summed E-state index contributed by atoms with van der Waals surface area (Å²) >= 11 is 0. The third-order valence-corrected chi connectivity index (χ3v) is 4.28. The van der Waals surface area contributed by atoms with Gasteiger partial charge in [-0.2, -0.15) is 0 Å². The lowest BCUT2D eigenvalue weighted by Crippen LogP contribution is -2.43. The number of methoxy groups -OCH3 is 1. The van der Waals surface area contributed by atoms with Crippen molar-refractivity contribution < 1.29 is 14.3 Å². The van der Waals surface area contributed by atoms with Crippen LogP contribution in [0.2, 0.25) is 0 Å². The van der Waals surface area contributed by atoms with E-state index in [0.29, 0.717) is 6.42 Å². The van der Waals surface area contributed by atoms with Gasteiger partial charge < -0.3 is 10.1 Å². The van der Waals surface area contributed by atoms with Gasteiger partial charge in [0.1, 0.15) is 6.04 Å². The van der Waals surface area contributed by atoms with Crippen molar-refractivity contribution in [2.24, 2.45) is 0 Å². The van der Waals surface area contributed by atoms with Crippen LogP contribution in [0.3, 0.4) is 0 Å². The average molecular weight is 347 g/mol. The van der Waals surface area contributed by atoms with Gasteiger partial charge in [0.15, 0.2) is 0 Å². The Morgan fingerprint density at radius 2 is 1.58 bits per heavy atom. The van der Waals surface area contributed by atoms with E-state index < -0.39 is 12.0 Å². The van der Waals surface area contributed by atoms with E-state index in [2.05, 4.69) is 5.32 Å². The van der Waals surface area contributed by atoms with E-state index in [-0.39, 0.29) is 12.3 Å². The Balaban J connectivity index is 1.69. The summed E-state index contributed by atoms with van der Waals surface area (Å²) in [7, 11) is 1.33. The van der Waals surface area contributed by atoms with Gasteiger partial charge in [0.2, 0.25) is 5.91 Å². The van der Waals surface area contributed by atoms with Crippen LogP contribution >= 0.6 is 0 Å². The molecular formula is C22H21NO3. The van der Waals surface area contributed by atoms with Crippen molar-refractivity contribution in [3.05, 3.63) is 83.9 Å². The summed E-state index contributed by atoms with van der Waals surface area (Å²) in [5, 5.41) is 5.02. The number of rotatable bonds is 6. The summed E-state index contributed by atoms with van der Waals surface area (Å²) in [6, 6.07) is 22.8. The molecule has 0 unspecified atom stereocenters. The molecule has 0 fully saturated rings. The Morgan fingerprint density at radius 1 is 0.885 bits per heavy atom. The minimum atomic E-state index is -0.699. The Labute approximate surface area is 152 Å². The van der Waals surface area contributed by atoms with Crippen molar-refractivity contribution in [2.45, 2.75) is 18.9 Å². The van der Waals surface area contributed by atoms with Crippen LogP contribution in [0.5, 0.6) is 0 Å². The Kier molecular flexibility index (Phi) is 5.64. The summed E-state index contributed by atoms with van der Waals surface area (Å²) in [5.41, 5.74) is 1.87. The Morgan fingerprint density at radius 3 is 2.31 bits per heavy atom. The second kappa shape index (κ2) is 8.30. The van der Waals surface area contributed by atoms with Crippen LogP contribution < -0.4 is 5.32 Å². The molecule has 0 saturated carbocycles. The monoisotopic (exact) mass is 347 g/mol. The molecule has 4 nitrogen and oxygen atoms in total. The van der Waals surface area contributed by atoms with E-state index in [1.54, 1.807) is 0 Å². The van der Waals surface area contributed by atoms with Crippen molar-refractivity contribution in [2.75, 3.05) is 7.11 Å². The highest BCUT2D eigenvalue weighted by molar-refractivity contribution is 5.88. The Bertz CT molecular complexity index is 905. The van der Waals surface area contributed by atoms with Gasteiger partial charge in [-0.25, -0.2) is 4.79 Å². The normalized spacial score (nSPS) is 11.7. The number of hydrogen-bond acceptors (Lipinski definition) is 3. The molecule has 4 heteroatoms. The molecule has 0 bridgehead atoms. The highest BCUT2D eigenvalue weighted by atomic mass is 16.5. The van der Waals surface area contributed by atoms with Crippen molar-refractivity contribution in [1.29, 1.82) is 0 Å². The van der Waals surface area contributed by atoms with Gasteiger partial charge in [-0.15, -0.1) is 0 Å². The maximum absolute atomic E-state index is 12.5. The molecule has 132 valence electrons. The molecule has 0 aliphatic heterocycles. The molecule has 0 aliphatic rings. The first-order valence-electron chi connectivity index (χ1n) is 8.54. The predicted octanol–water partition coefficient (Wildman–Crippen LogP) is 3.28. The van der Waals surface area contributed by atoms with Crippen molar-refractivity contribution in [3.63, 3.8) is 0 Å². The van der Waals surface area contributed by atoms with Gasteiger partial charge in [-0.1, -0.05) is 72.8 Å². The predicted molar refractivity (Wildman–Crippen MR) is 102 cm³/mol. The lowest BCUT2D eigenvalue weighted by molar-refractivity contribution is -0.145. The zero-order chi connectivity index (χ0) is 18.4. The molecule has 1 amide bonds. The summed E-state index contributed by atoms with van der Waals surface area (Å²) in [6.45, 7) is 0. The van der Waals surface area contributed by atoms with E-state index in [4.69, 9.17) is 4.74 Å². The van der Waals surface area contributed by atoms with E-state index >= 15 is 0 Å². The highest BCUT2D eigenvalue weighted by Gasteiger charge is 2.22. The van der Waals surface area contributed by atoms with Crippen LogP contribution in [-0.2, 0) is 27.2 Å². The number of carbonyl (C=O) groups is 2. The molecule has 1 atom stereocenters. The van der Waals surface area contributed by atoms with Gasteiger partial charge in [-0.3, -0.25) is 4.79 Å². The third kappa shape index (κ3) is 4.48. The molecule has 0 spiro atoms. The molecule has 3 aromatic rings. The highest BCUT2D eigenvalue weighted by Crippen LogP contribution is 2.16. The van der Waals surface area contributed by atoms with Crippen LogP contribution in [0, 0.1) is 0 Å². The zero-order valence-corrected chi connectivity index (χ0v) is 14.6. The minimum Gasteiger partial charge on any atom is -0.467 e. The van der Waals surface area contributed by atoms with Crippen LogP contribution in [-0.4, -0.2) is 25.0 Å². The average Bonchev–Trinajstić information content (AvgIpc) is 2.67. The van der Waals surface area contributed by atoms with Crippen LogP contribution in [0.25, 0.3) is 10.8 Å². The summed E-state index contributed by atoms with van der Waals surface area (Å²) in [4.78, 5) is 24.5. The molecule has 3 rings (SSSR count). The number of amides is 1. The van der Waals surface area contributed by atoms with E-state index in [9.17, 15) is 9.59 Å². The quantitative estimate of drug-likeness (QED) is 0.696. The fraction of sp³-hybridized carbons (Fsp3) is 0.182. The number of carbonyl (C=O) groups excluding carboxylic acids is 2. The van der Waals surface area contributed by atoms with E-state index in [0.717, 1.165) is 21.9 Å². The molecule has 0 radical (unpaired) electrons. The van der Waals surface area contributed by atoms with Crippen LogP contribution in [0.15, 0.2) is 72.8 Å². The van der Waals surface area contributed by atoms with Crippen LogP contribution in [0.1, 0.15) is 11.1 Å². The SMILES string of the molecule is COC(=O)[C@H](Cc1ccccc1)NC(=O)Cc1ccc2ccccc2c1. The number of fused-ring (bicyclic) bond motifs is 1. The fourth-order valence-corrected chi connectivity index (χ4v) is 2.96. The lowest BCUT2D eigenvalue weighted by Gasteiger charge is -2.17. The molecule has 3 aromatic carbocycles. The maximum Gasteiger partial charge on any atom is 0.328 e. The maximum atomic E-state index is 12.5. The van der Waals surface area contributed by atoms with Gasteiger partial charge >= 0.3 is 5.97 Å². The molecule has 0 aliphatic carbocycles. The lowest BCUT2D eigenvalue weighted by atomic mass is 10.0. The van der Waals surface area contributed by atoms with Crippen molar-refractivity contribution >= 4 is 22.6 Å². The minimum absolute atomic E-state index is 0.202. The summed E-state index contributed by atoms with van der Waals surface area (Å²) in [5.74, 6) is -0.646. The van der Waals surface area contributed by atoms with Gasteiger partial charge in [0, 0.05) is 6.42 Å². The largest absolute Gasteiger partial charge is 0.467 e. The topological polar surface area (TPSA) is 55.4 Å². The van der Waals surface area contributed by atoms with Gasteiger partial charge in [0.05, 0.1) is 13.5 Å². The second-order valence-corrected chi connectivity index (χ2v) is 6.19. The smallest absolute Gasteiger partial charge is 0.328 e. The third-order valence-electron chi connectivity index (χ3n) is 4.28. The molecular weight excluding hydrogens is 326 g/mol. The number of esters is 1. The van der Waals surface area contributed by atoms with Gasteiger partial charge in [0.25, 0.3) is 0 Å². The van der Waals surface area contributed by atoms with Gasteiger partial charge in [-0.05, 0) is 21.9 Å². The first-order chi connectivity index (χ1) is 12.7. The molecule has 1 N–H and O–H groups in total. The zero-order valence-electron chi connectivity index (χ0n) is 14.6. The fourth-order valence-electron chi connectivity index (χ4n) is 2.96. The number of ether oxygens (including phenoxy) is 1. The Hall–Kier alpha value is -3.14. The molecule has 0 heterocycles.